The summed E-state index contributed by atoms with van der Waals surface area (Å²) in [6, 6.07) is 5.21. The second-order valence-electron chi connectivity index (χ2n) is 4.91. The van der Waals surface area contributed by atoms with Gasteiger partial charge in [-0.15, -0.1) is 0 Å². The number of carboxylic acids is 1. The SMILES string of the molecule is O=C([O-])CC1CCCc2c1[nH]c1ccc(O)cc21. The minimum Gasteiger partial charge on any atom is -0.550 e. The maximum atomic E-state index is 10.8. The first-order chi connectivity index (χ1) is 8.65. The van der Waals surface area contributed by atoms with Crippen LogP contribution >= 0.6 is 0 Å². The predicted octanol–water partition coefficient (Wildman–Crippen LogP) is 1.43. The Morgan fingerprint density at radius 3 is 3.11 bits per heavy atom. The molecule has 0 saturated carbocycles. The number of aromatic amines is 1. The number of carbonyl (C=O) groups excluding carboxylic acids is 1. The van der Waals surface area contributed by atoms with Crippen LogP contribution in [0, 0.1) is 0 Å². The Morgan fingerprint density at radius 2 is 2.33 bits per heavy atom. The molecule has 4 heteroatoms. The van der Waals surface area contributed by atoms with Gasteiger partial charge in [-0.05, 0) is 49.4 Å². The van der Waals surface area contributed by atoms with E-state index in [1.807, 2.05) is 6.07 Å². The third kappa shape index (κ3) is 1.74. The molecule has 0 aliphatic heterocycles. The molecule has 2 aromatic rings. The van der Waals surface area contributed by atoms with E-state index in [1.165, 1.54) is 0 Å². The van der Waals surface area contributed by atoms with Gasteiger partial charge in [0.25, 0.3) is 0 Å². The van der Waals surface area contributed by atoms with Crippen molar-refractivity contribution in [2.45, 2.75) is 31.6 Å². The van der Waals surface area contributed by atoms with Gasteiger partial charge in [0, 0.05) is 28.5 Å². The van der Waals surface area contributed by atoms with Gasteiger partial charge in [-0.1, -0.05) is 0 Å². The zero-order valence-electron chi connectivity index (χ0n) is 9.90. The fourth-order valence-electron chi connectivity index (χ4n) is 2.95. The van der Waals surface area contributed by atoms with Crippen LogP contribution in [0.1, 0.15) is 36.4 Å². The minimum atomic E-state index is -1.01. The lowest BCUT2D eigenvalue weighted by molar-refractivity contribution is -0.306. The first kappa shape index (κ1) is 11.1. The molecule has 1 aromatic carbocycles. The average Bonchev–Trinajstić information content (AvgIpc) is 2.68. The van der Waals surface area contributed by atoms with Gasteiger partial charge in [0.15, 0.2) is 0 Å². The van der Waals surface area contributed by atoms with E-state index in [0.717, 1.165) is 41.4 Å². The molecule has 0 radical (unpaired) electrons. The Morgan fingerprint density at radius 1 is 1.50 bits per heavy atom. The van der Waals surface area contributed by atoms with Crippen molar-refractivity contribution < 1.29 is 15.0 Å². The number of hydrogen-bond acceptors (Lipinski definition) is 3. The van der Waals surface area contributed by atoms with Crippen LogP contribution in [0.4, 0.5) is 0 Å². The van der Waals surface area contributed by atoms with E-state index in [0.29, 0.717) is 0 Å². The Labute approximate surface area is 104 Å². The van der Waals surface area contributed by atoms with Crippen molar-refractivity contribution in [2.24, 2.45) is 0 Å². The summed E-state index contributed by atoms with van der Waals surface area (Å²) in [4.78, 5) is 14.1. The van der Waals surface area contributed by atoms with E-state index in [1.54, 1.807) is 12.1 Å². The summed E-state index contributed by atoms with van der Waals surface area (Å²) in [5.74, 6) is -0.756. The van der Waals surface area contributed by atoms with Gasteiger partial charge in [0.1, 0.15) is 5.75 Å². The van der Waals surface area contributed by atoms with E-state index in [4.69, 9.17) is 0 Å². The molecule has 1 unspecified atom stereocenters. The molecule has 94 valence electrons. The van der Waals surface area contributed by atoms with Crippen LogP contribution in [-0.2, 0) is 11.2 Å². The van der Waals surface area contributed by atoms with E-state index in [9.17, 15) is 15.0 Å². The number of aliphatic carboxylic acids is 1. The van der Waals surface area contributed by atoms with Crippen LogP contribution in [-0.4, -0.2) is 16.1 Å². The average molecular weight is 244 g/mol. The summed E-state index contributed by atoms with van der Waals surface area (Å²) in [6.45, 7) is 0. The number of benzene rings is 1. The molecule has 2 N–H and O–H groups in total. The second-order valence-corrected chi connectivity index (χ2v) is 4.91. The minimum absolute atomic E-state index is 0.00768. The molecule has 1 aliphatic carbocycles. The number of aromatic hydroxyl groups is 1. The molecule has 0 spiro atoms. The number of nitrogens with one attached hydrogen (secondary N) is 1. The van der Waals surface area contributed by atoms with Gasteiger partial charge in [-0.25, -0.2) is 0 Å². The molecule has 1 aliphatic rings. The molecule has 1 atom stereocenters. The normalized spacial score (nSPS) is 18.8. The quantitative estimate of drug-likeness (QED) is 0.839. The Bertz CT molecular complexity index is 615. The standard InChI is InChI=1S/C14H15NO3/c16-9-4-5-12-11(7-9)10-3-1-2-8(6-13(17)18)14(10)15-12/h4-5,7-8,15-16H,1-3,6H2,(H,17,18)/p-1. The summed E-state index contributed by atoms with van der Waals surface area (Å²) < 4.78 is 0. The maximum Gasteiger partial charge on any atom is 0.116 e. The topological polar surface area (TPSA) is 76.1 Å². The van der Waals surface area contributed by atoms with Crippen LogP contribution in [0.3, 0.4) is 0 Å². The Kier molecular flexibility index (Phi) is 2.51. The van der Waals surface area contributed by atoms with E-state index < -0.39 is 5.97 Å². The molecule has 0 amide bonds. The summed E-state index contributed by atoms with van der Waals surface area (Å²) >= 11 is 0. The van der Waals surface area contributed by atoms with Crippen molar-refractivity contribution in [3.8, 4) is 5.75 Å². The van der Waals surface area contributed by atoms with Gasteiger partial charge < -0.3 is 20.0 Å². The highest BCUT2D eigenvalue weighted by molar-refractivity contribution is 5.86. The van der Waals surface area contributed by atoms with E-state index in [-0.39, 0.29) is 18.1 Å². The summed E-state index contributed by atoms with van der Waals surface area (Å²) in [5, 5.41) is 21.3. The predicted molar refractivity (Wildman–Crippen MR) is 65.3 cm³/mol. The zero-order chi connectivity index (χ0) is 12.7. The highest BCUT2D eigenvalue weighted by atomic mass is 16.4. The number of H-pyrrole nitrogens is 1. The van der Waals surface area contributed by atoms with Crippen LogP contribution < -0.4 is 5.11 Å². The van der Waals surface area contributed by atoms with Crippen LogP contribution in [0.5, 0.6) is 5.75 Å². The third-order valence-corrected chi connectivity index (χ3v) is 3.72. The van der Waals surface area contributed by atoms with Crippen molar-refractivity contribution >= 4 is 16.9 Å². The number of rotatable bonds is 2. The van der Waals surface area contributed by atoms with Gasteiger partial charge in [-0.3, -0.25) is 0 Å². The van der Waals surface area contributed by atoms with Gasteiger partial charge >= 0.3 is 0 Å². The van der Waals surface area contributed by atoms with Gasteiger partial charge in [-0.2, -0.15) is 0 Å². The fourth-order valence-corrected chi connectivity index (χ4v) is 2.95. The second kappa shape index (κ2) is 4.05. The molecule has 0 saturated heterocycles. The lowest BCUT2D eigenvalue weighted by atomic mass is 9.85. The van der Waals surface area contributed by atoms with Crippen molar-refractivity contribution in [1.82, 2.24) is 4.98 Å². The number of carbonyl (C=O) groups is 1. The van der Waals surface area contributed by atoms with Crippen LogP contribution in [0.15, 0.2) is 18.2 Å². The summed E-state index contributed by atoms with van der Waals surface area (Å²) in [6.07, 6.45) is 2.85. The number of phenols is 1. The molecular weight excluding hydrogens is 230 g/mol. The fraction of sp³-hybridized carbons (Fsp3) is 0.357. The molecule has 4 nitrogen and oxygen atoms in total. The van der Waals surface area contributed by atoms with Crippen molar-refractivity contribution in [3.05, 3.63) is 29.5 Å². The molecule has 1 heterocycles. The lowest BCUT2D eigenvalue weighted by Crippen LogP contribution is -2.25. The lowest BCUT2D eigenvalue weighted by Gasteiger charge is -2.22. The van der Waals surface area contributed by atoms with Crippen molar-refractivity contribution in [1.29, 1.82) is 0 Å². The first-order valence-electron chi connectivity index (χ1n) is 6.18. The highest BCUT2D eigenvalue weighted by Gasteiger charge is 2.24. The summed E-state index contributed by atoms with van der Waals surface area (Å²) in [5.41, 5.74) is 3.12. The Hall–Kier alpha value is -1.97. The van der Waals surface area contributed by atoms with E-state index in [2.05, 4.69) is 4.98 Å². The number of carboxylic acid groups (broad SMARTS) is 1. The third-order valence-electron chi connectivity index (χ3n) is 3.72. The molecule has 0 fully saturated rings. The maximum absolute atomic E-state index is 10.8. The summed E-state index contributed by atoms with van der Waals surface area (Å²) in [7, 11) is 0. The number of phenolic OH excluding ortho intramolecular Hbond substituents is 1. The first-order valence-corrected chi connectivity index (χ1v) is 6.18. The number of fused-ring (bicyclic) bond motifs is 3. The van der Waals surface area contributed by atoms with Gasteiger partial charge in [0.2, 0.25) is 0 Å². The van der Waals surface area contributed by atoms with Crippen LogP contribution in [0.2, 0.25) is 0 Å². The van der Waals surface area contributed by atoms with Crippen LogP contribution in [0.25, 0.3) is 10.9 Å². The molecular formula is C14H14NO3-. The number of aryl methyl sites for hydroxylation is 1. The highest BCUT2D eigenvalue weighted by Crippen LogP contribution is 2.38. The monoisotopic (exact) mass is 244 g/mol. The van der Waals surface area contributed by atoms with E-state index >= 15 is 0 Å². The van der Waals surface area contributed by atoms with Crippen molar-refractivity contribution in [3.63, 3.8) is 0 Å². The molecule has 1 aromatic heterocycles. The number of aromatic nitrogens is 1. The molecule has 0 bridgehead atoms. The molecule has 18 heavy (non-hydrogen) atoms. The Balaban J connectivity index is 2.12. The zero-order valence-corrected chi connectivity index (χ0v) is 9.90. The largest absolute Gasteiger partial charge is 0.550 e. The van der Waals surface area contributed by atoms with Gasteiger partial charge in [0.05, 0.1) is 0 Å². The molecule has 3 rings (SSSR count). The van der Waals surface area contributed by atoms with Crippen molar-refractivity contribution in [2.75, 3.05) is 0 Å². The number of hydrogen-bond donors (Lipinski definition) is 2. The smallest absolute Gasteiger partial charge is 0.116 e.